The van der Waals surface area contributed by atoms with Crippen LogP contribution < -0.4 is 0 Å². The number of likely N-dealkylation sites (tertiary alicyclic amines) is 2. The van der Waals surface area contributed by atoms with Gasteiger partial charge >= 0.3 is 0 Å². The Kier molecular flexibility index (Phi) is 3.73. The van der Waals surface area contributed by atoms with E-state index >= 15 is 0 Å². The van der Waals surface area contributed by atoms with Crippen molar-refractivity contribution in [2.75, 3.05) is 39.9 Å². The van der Waals surface area contributed by atoms with Crippen LogP contribution in [0.2, 0.25) is 0 Å². The molecular weight excluding hydrogens is 216 g/mol. The lowest BCUT2D eigenvalue weighted by atomic mass is 9.72. The number of β-lactam (4-membered cyclic amide) rings is 1. The first-order valence-electron chi connectivity index (χ1n) is 6.61. The van der Waals surface area contributed by atoms with Gasteiger partial charge in [-0.25, -0.2) is 0 Å². The Balaban J connectivity index is 1.92. The zero-order valence-electron chi connectivity index (χ0n) is 11.2. The number of rotatable bonds is 4. The van der Waals surface area contributed by atoms with Crippen LogP contribution in [0.4, 0.5) is 0 Å². The van der Waals surface area contributed by atoms with E-state index in [4.69, 9.17) is 4.74 Å². The number of ether oxygens (including phenoxy) is 1. The minimum absolute atomic E-state index is 0.0593. The summed E-state index contributed by atoms with van der Waals surface area (Å²) in [5, 5.41) is 0. The third-order valence-electron chi connectivity index (χ3n) is 4.08. The molecule has 0 aromatic carbocycles. The predicted octanol–water partition coefficient (Wildman–Crippen LogP) is 0.966. The van der Waals surface area contributed by atoms with Crippen molar-refractivity contribution in [2.45, 2.75) is 32.7 Å². The highest BCUT2D eigenvalue weighted by molar-refractivity contribution is 5.89. The molecule has 0 aromatic heterocycles. The number of nitrogens with zero attached hydrogens (tertiary/aromatic N) is 2. The fourth-order valence-electron chi connectivity index (χ4n) is 3.04. The quantitative estimate of drug-likeness (QED) is 0.686. The van der Waals surface area contributed by atoms with Crippen LogP contribution in [-0.2, 0) is 9.53 Å². The molecule has 0 bridgehead atoms. The molecule has 0 N–H and O–H groups in total. The highest BCUT2D eigenvalue weighted by Gasteiger charge is 2.54. The standard InChI is InChI=1S/C13H24N2O2/c1-11(2)15-10-13(12(15)16)5-4-6-14(9-13)7-8-17-3/h11H,4-10H2,1-3H3. The highest BCUT2D eigenvalue weighted by Crippen LogP contribution is 2.41. The van der Waals surface area contributed by atoms with Crippen molar-refractivity contribution in [3.63, 3.8) is 0 Å². The minimum Gasteiger partial charge on any atom is -0.383 e. The Bertz CT molecular complexity index is 293. The second kappa shape index (κ2) is 4.94. The van der Waals surface area contributed by atoms with E-state index in [-0.39, 0.29) is 5.41 Å². The number of amides is 1. The molecule has 0 saturated carbocycles. The van der Waals surface area contributed by atoms with Crippen LogP contribution in [0.5, 0.6) is 0 Å². The van der Waals surface area contributed by atoms with Crippen molar-refractivity contribution in [1.82, 2.24) is 9.80 Å². The van der Waals surface area contributed by atoms with E-state index in [2.05, 4.69) is 18.7 Å². The second-order valence-electron chi connectivity index (χ2n) is 5.68. The summed E-state index contributed by atoms with van der Waals surface area (Å²) in [4.78, 5) is 16.6. The molecule has 0 radical (unpaired) electrons. The van der Waals surface area contributed by atoms with E-state index in [0.29, 0.717) is 11.9 Å². The van der Waals surface area contributed by atoms with Gasteiger partial charge in [-0.1, -0.05) is 0 Å². The van der Waals surface area contributed by atoms with Crippen molar-refractivity contribution in [3.05, 3.63) is 0 Å². The van der Waals surface area contributed by atoms with Crippen LogP contribution in [0.3, 0.4) is 0 Å². The van der Waals surface area contributed by atoms with Crippen LogP contribution >= 0.6 is 0 Å². The lowest BCUT2D eigenvalue weighted by Gasteiger charge is -2.54. The summed E-state index contributed by atoms with van der Waals surface area (Å²) in [5.74, 6) is 0.370. The highest BCUT2D eigenvalue weighted by atomic mass is 16.5. The molecule has 0 aromatic rings. The van der Waals surface area contributed by atoms with E-state index in [0.717, 1.165) is 45.6 Å². The van der Waals surface area contributed by atoms with Crippen LogP contribution in [0.1, 0.15) is 26.7 Å². The van der Waals surface area contributed by atoms with E-state index in [1.165, 1.54) is 0 Å². The zero-order chi connectivity index (χ0) is 12.5. The maximum Gasteiger partial charge on any atom is 0.232 e. The summed E-state index contributed by atoms with van der Waals surface area (Å²) in [6, 6.07) is 0.350. The normalized spacial score (nSPS) is 30.1. The van der Waals surface area contributed by atoms with Gasteiger partial charge in [0.05, 0.1) is 12.0 Å². The predicted molar refractivity (Wildman–Crippen MR) is 66.8 cm³/mol. The van der Waals surface area contributed by atoms with Crippen LogP contribution in [0.25, 0.3) is 0 Å². The SMILES string of the molecule is COCCN1CCCC2(C1)CN(C(C)C)C2=O. The van der Waals surface area contributed by atoms with Gasteiger partial charge in [-0.15, -0.1) is 0 Å². The molecule has 2 aliphatic heterocycles. The van der Waals surface area contributed by atoms with E-state index in [1.54, 1.807) is 7.11 Å². The first kappa shape index (κ1) is 12.8. The van der Waals surface area contributed by atoms with Crippen molar-refractivity contribution in [2.24, 2.45) is 5.41 Å². The van der Waals surface area contributed by atoms with Gasteiger partial charge in [0.1, 0.15) is 0 Å². The molecule has 2 saturated heterocycles. The summed E-state index contributed by atoms with van der Waals surface area (Å²) in [5.41, 5.74) is -0.0593. The Morgan fingerprint density at radius 3 is 2.76 bits per heavy atom. The first-order chi connectivity index (χ1) is 8.09. The van der Waals surface area contributed by atoms with Gasteiger partial charge in [0.2, 0.25) is 5.91 Å². The molecular formula is C13H24N2O2. The fraction of sp³-hybridized carbons (Fsp3) is 0.923. The number of hydrogen-bond donors (Lipinski definition) is 0. The Labute approximate surface area is 104 Å². The summed E-state index contributed by atoms with van der Waals surface area (Å²) in [7, 11) is 1.73. The number of carbonyl (C=O) groups is 1. The molecule has 1 amide bonds. The van der Waals surface area contributed by atoms with Gasteiger partial charge in [-0.05, 0) is 33.2 Å². The molecule has 2 heterocycles. The van der Waals surface area contributed by atoms with Crippen molar-refractivity contribution in [3.8, 4) is 0 Å². The van der Waals surface area contributed by atoms with E-state index < -0.39 is 0 Å². The molecule has 4 heteroatoms. The number of methoxy groups -OCH3 is 1. The van der Waals surface area contributed by atoms with E-state index in [9.17, 15) is 4.79 Å². The third-order valence-corrected chi connectivity index (χ3v) is 4.08. The number of piperidine rings is 1. The topological polar surface area (TPSA) is 32.8 Å². The van der Waals surface area contributed by atoms with Crippen LogP contribution in [0, 0.1) is 5.41 Å². The largest absolute Gasteiger partial charge is 0.383 e. The Morgan fingerprint density at radius 2 is 2.18 bits per heavy atom. The van der Waals surface area contributed by atoms with Crippen molar-refractivity contribution >= 4 is 5.91 Å². The van der Waals surface area contributed by atoms with Gasteiger partial charge in [-0.2, -0.15) is 0 Å². The molecule has 1 spiro atoms. The monoisotopic (exact) mass is 240 g/mol. The molecule has 4 nitrogen and oxygen atoms in total. The summed E-state index contributed by atoms with van der Waals surface area (Å²) in [6.07, 6.45) is 2.21. The minimum atomic E-state index is -0.0593. The van der Waals surface area contributed by atoms with Crippen LogP contribution in [0.15, 0.2) is 0 Å². The van der Waals surface area contributed by atoms with E-state index in [1.807, 2.05) is 4.90 Å². The van der Waals surface area contributed by atoms with Crippen molar-refractivity contribution < 1.29 is 9.53 Å². The van der Waals surface area contributed by atoms with Crippen LogP contribution in [-0.4, -0.2) is 61.6 Å². The number of carbonyl (C=O) groups excluding carboxylic acids is 1. The third kappa shape index (κ3) is 2.33. The smallest absolute Gasteiger partial charge is 0.232 e. The molecule has 1 atom stereocenters. The number of hydrogen-bond acceptors (Lipinski definition) is 3. The summed E-state index contributed by atoms with van der Waals surface area (Å²) < 4.78 is 5.11. The Hall–Kier alpha value is -0.610. The Morgan fingerprint density at radius 1 is 1.41 bits per heavy atom. The lowest BCUT2D eigenvalue weighted by molar-refractivity contribution is -0.169. The molecule has 0 aliphatic carbocycles. The van der Waals surface area contributed by atoms with Gasteiger partial charge in [-0.3, -0.25) is 9.69 Å². The van der Waals surface area contributed by atoms with Crippen molar-refractivity contribution in [1.29, 1.82) is 0 Å². The zero-order valence-corrected chi connectivity index (χ0v) is 11.2. The van der Waals surface area contributed by atoms with Gasteiger partial charge in [0.15, 0.2) is 0 Å². The molecule has 2 fully saturated rings. The lowest BCUT2D eigenvalue weighted by Crippen LogP contribution is -2.68. The van der Waals surface area contributed by atoms with Gasteiger partial charge in [0.25, 0.3) is 0 Å². The molecule has 98 valence electrons. The molecule has 1 unspecified atom stereocenters. The maximum absolute atomic E-state index is 12.3. The van der Waals surface area contributed by atoms with Gasteiger partial charge in [0, 0.05) is 32.8 Å². The molecule has 2 aliphatic rings. The molecule has 17 heavy (non-hydrogen) atoms. The summed E-state index contributed by atoms with van der Waals surface area (Å²) >= 11 is 0. The maximum atomic E-state index is 12.3. The first-order valence-corrected chi connectivity index (χ1v) is 6.61. The second-order valence-corrected chi connectivity index (χ2v) is 5.68. The average molecular weight is 240 g/mol. The molecule has 2 rings (SSSR count). The van der Waals surface area contributed by atoms with Gasteiger partial charge < -0.3 is 9.64 Å². The fourth-order valence-corrected chi connectivity index (χ4v) is 3.04. The average Bonchev–Trinajstić information content (AvgIpc) is 2.33. The summed E-state index contributed by atoms with van der Waals surface area (Å²) in [6.45, 7) is 8.89.